The lowest BCUT2D eigenvalue weighted by atomic mass is 10.2. The topological polar surface area (TPSA) is 64.0 Å². The summed E-state index contributed by atoms with van der Waals surface area (Å²) in [6.07, 6.45) is -0.0851. The van der Waals surface area contributed by atoms with Crippen LogP contribution in [0.25, 0.3) is 0 Å². The summed E-state index contributed by atoms with van der Waals surface area (Å²) in [4.78, 5) is 0. The molecule has 0 atom stereocenters. The largest absolute Gasteiger partial charge is 0.475 e. The maximum Gasteiger partial charge on any atom is 0.219 e. The Kier molecular flexibility index (Phi) is 3.94. The average molecular weight is 273 g/mol. The summed E-state index contributed by atoms with van der Waals surface area (Å²) < 4.78 is 21.0. The molecule has 0 fully saturated rings. The van der Waals surface area contributed by atoms with Crippen molar-refractivity contribution in [1.82, 2.24) is 4.57 Å². The highest BCUT2D eigenvalue weighted by atomic mass is 19.1. The van der Waals surface area contributed by atoms with Gasteiger partial charge in [0.15, 0.2) is 0 Å². The summed E-state index contributed by atoms with van der Waals surface area (Å²) in [7, 11) is 0. The first kappa shape index (κ1) is 13.9. The molecule has 0 saturated heterocycles. The average Bonchev–Trinajstić information content (AvgIpc) is 2.69. The van der Waals surface area contributed by atoms with Crippen molar-refractivity contribution < 1.29 is 9.13 Å². The summed E-state index contributed by atoms with van der Waals surface area (Å²) in [5.74, 6) is 0.0824. The van der Waals surface area contributed by atoms with Crippen LogP contribution in [0.2, 0.25) is 0 Å². The third-order valence-electron chi connectivity index (χ3n) is 2.82. The van der Waals surface area contributed by atoms with Gasteiger partial charge in [-0.05, 0) is 19.9 Å². The Balaban J connectivity index is 2.44. The second kappa shape index (κ2) is 5.66. The molecule has 0 bridgehead atoms. The van der Waals surface area contributed by atoms with Crippen LogP contribution in [0, 0.1) is 17.1 Å². The maximum absolute atomic E-state index is 13.7. The molecule has 0 radical (unpaired) electrons. The van der Waals surface area contributed by atoms with Crippen molar-refractivity contribution in [2.24, 2.45) is 0 Å². The first-order chi connectivity index (χ1) is 9.52. The molecule has 0 spiro atoms. The molecule has 104 valence electrons. The molecule has 5 heteroatoms. The summed E-state index contributed by atoms with van der Waals surface area (Å²) in [5, 5.41) is 9.16. The Morgan fingerprint density at radius 2 is 2.10 bits per heavy atom. The van der Waals surface area contributed by atoms with E-state index >= 15 is 0 Å². The molecule has 1 aromatic carbocycles. The molecule has 0 saturated carbocycles. The second-order valence-corrected chi connectivity index (χ2v) is 4.75. The third-order valence-corrected chi connectivity index (χ3v) is 2.82. The van der Waals surface area contributed by atoms with Gasteiger partial charge in [0.05, 0.1) is 18.3 Å². The molecule has 0 amide bonds. The number of benzene rings is 1. The van der Waals surface area contributed by atoms with E-state index in [1.165, 1.54) is 6.07 Å². The van der Waals surface area contributed by atoms with Crippen LogP contribution in [0.1, 0.15) is 25.1 Å². The lowest BCUT2D eigenvalue weighted by molar-refractivity contribution is 0.224. The van der Waals surface area contributed by atoms with E-state index in [-0.39, 0.29) is 18.5 Å². The molecular weight excluding hydrogens is 257 g/mol. The highest BCUT2D eigenvalue weighted by Gasteiger charge is 2.17. The number of hydrogen-bond acceptors (Lipinski definition) is 3. The smallest absolute Gasteiger partial charge is 0.219 e. The zero-order chi connectivity index (χ0) is 14.7. The number of hydrogen-bond donors (Lipinski definition) is 1. The van der Waals surface area contributed by atoms with Crippen LogP contribution in [-0.2, 0) is 6.54 Å². The highest BCUT2D eigenvalue weighted by Crippen LogP contribution is 2.28. The van der Waals surface area contributed by atoms with Gasteiger partial charge in [0.25, 0.3) is 0 Å². The van der Waals surface area contributed by atoms with E-state index in [0.29, 0.717) is 22.8 Å². The minimum Gasteiger partial charge on any atom is -0.475 e. The number of aromatic nitrogens is 1. The van der Waals surface area contributed by atoms with Gasteiger partial charge in [0.1, 0.15) is 17.6 Å². The predicted octanol–water partition coefficient (Wildman–Crippen LogP) is 2.92. The molecule has 2 N–H and O–H groups in total. The van der Waals surface area contributed by atoms with Crippen LogP contribution in [0.3, 0.4) is 0 Å². The Bertz CT molecular complexity index is 656. The highest BCUT2D eigenvalue weighted by molar-refractivity contribution is 5.55. The summed E-state index contributed by atoms with van der Waals surface area (Å²) in [6.45, 7) is 3.94. The second-order valence-electron chi connectivity index (χ2n) is 4.75. The number of ether oxygens (including phenoxy) is 1. The van der Waals surface area contributed by atoms with E-state index in [0.717, 1.165) is 0 Å². The lowest BCUT2D eigenvalue weighted by Crippen LogP contribution is -2.13. The quantitative estimate of drug-likeness (QED) is 0.931. The van der Waals surface area contributed by atoms with Gasteiger partial charge in [-0.25, -0.2) is 4.39 Å². The molecule has 0 aliphatic heterocycles. The van der Waals surface area contributed by atoms with Crippen LogP contribution in [0.5, 0.6) is 5.88 Å². The van der Waals surface area contributed by atoms with Gasteiger partial charge in [-0.3, -0.25) is 4.57 Å². The van der Waals surface area contributed by atoms with Gasteiger partial charge in [-0.1, -0.05) is 18.2 Å². The summed E-state index contributed by atoms with van der Waals surface area (Å²) in [5.41, 5.74) is 7.08. The van der Waals surface area contributed by atoms with Crippen molar-refractivity contribution in [3.05, 3.63) is 47.4 Å². The number of nitriles is 1. The van der Waals surface area contributed by atoms with Gasteiger partial charge in [0, 0.05) is 11.6 Å². The zero-order valence-corrected chi connectivity index (χ0v) is 11.4. The molecular formula is C15H16FN3O. The molecule has 1 aromatic heterocycles. The Labute approximate surface area is 117 Å². The van der Waals surface area contributed by atoms with Crippen molar-refractivity contribution in [1.29, 1.82) is 5.26 Å². The van der Waals surface area contributed by atoms with E-state index in [9.17, 15) is 4.39 Å². The third kappa shape index (κ3) is 2.75. The fraction of sp³-hybridized carbons (Fsp3) is 0.267. The molecule has 0 unspecified atom stereocenters. The van der Waals surface area contributed by atoms with Crippen LogP contribution < -0.4 is 10.5 Å². The predicted molar refractivity (Wildman–Crippen MR) is 74.8 cm³/mol. The molecule has 4 nitrogen and oxygen atoms in total. The maximum atomic E-state index is 13.7. The van der Waals surface area contributed by atoms with E-state index in [1.54, 1.807) is 28.8 Å². The minimum absolute atomic E-state index is 0.0851. The van der Waals surface area contributed by atoms with Gasteiger partial charge in [0.2, 0.25) is 5.88 Å². The number of nitrogens with zero attached hydrogens (tertiary/aromatic N) is 2. The number of rotatable bonds is 4. The Hall–Kier alpha value is -2.48. The fourth-order valence-electron chi connectivity index (χ4n) is 1.95. The molecule has 1 heterocycles. The van der Waals surface area contributed by atoms with E-state index in [2.05, 4.69) is 6.07 Å². The molecule has 2 rings (SSSR count). The Morgan fingerprint density at radius 1 is 1.40 bits per heavy atom. The zero-order valence-electron chi connectivity index (χ0n) is 11.4. The van der Waals surface area contributed by atoms with Gasteiger partial charge < -0.3 is 10.5 Å². The van der Waals surface area contributed by atoms with E-state index < -0.39 is 0 Å². The molecule has 2 aromatic rings. The van der Waals surface area contributed by atoms with Gasteiger partial charge in [-0.15, -0.1) is 0 Å². The fourth-order valence-corrected chi connectivity index (χ4v) is 1.95. The normalized spacial score (nSPS) is 10.6. The monoisotopic (exact) mass is 273 g/mol. The van der Waals surface area contributed by atoms with E-state index in [1.807, 2.05) is 13.8 Å². The number of anilines is 1. The molecule has 20 heavy (non-hydrogen) atoms. The van der Waals surface area contributed by atoms with Crippen molar-refractivity contribution >= 4 is 5.69 Å². The lowest BCUT2D eigenvalue weighted by Gasteiger charge is -2.15. The summed E-state index contributed by atoms with van der Waals surface area (Å²) in [6, 6.07) is 10.0. The van der Waals surface area contributed by atoms with E-state index in [4.69, 9.17) is 15.7 Å². The van der Waals surface area contributed by atoms with Gasteiger partial charge >= 0.3 is 0 Å². The van der Waals surface area contributed by atoms with Crippen molar-refractivity contribution in [3.8, 4) is 11.9 Å². The van der Waals surface area contributed by atoms with Crippen molar-refractivity contribution in [3.63, 3.8) is 0 Å². The summed E-state index contributed by atoms with van der Waals surface area (Å²) >= 11 is 0. The molecule has 0 aliphatic carbocycles. The molecule has 0 aliphatic rings. The number of nitrogens with two attached hydrogens (primary N) is 1. The van der Waals surface area contributed by atoms with Crippen molar-refractivity contribution in [2.75, 3.05) is 5.73 Å². The van der Waals surface area contributed by atoms with Crippen LogP contribution in [-0.4, -0.2) is 10.7 Å². The van der Waals surface area contributed by atoms with Crippen LogP contribution in [0.15, 0.2) is 30.3 Å². The first-order valence-electron chi connectivity index (χ1n) is 6.32. The van der Waals surface area contributed by atoms with Gasteiger partial charge in [-0.2, -0.15) is 5.26 Å². The van der Waals surface area contributed by atoms with Crippen LogP contribution in [0.4, 0.5) is 10.1 Å². The van der Waals surface area contributed by atoms with Crippen LogP contribution >= 0.6 is 0 Å². The Morgan fingerprint density at radius 3 is 2.70 bits per heavy atom. The number of halogens is 1. The van der Waals surface area contributed by atoms with Crippen molar-refractivity contribution in [2.45, 2.75) is 26.5 Å². The number of nitrogen functional groups attached to an aromatic ring is 1. The first-order valence-corrected chi connectivity index (χ1v) is 6.32. The SMILES string of the molecule is CC(C)Oc1c(N)cc(C#N)n1Cc1ccccc1F. The minimum atomic E-state index is -0.320. The standard InChI is InChI=1S/C15H16FN3O/c1-10(2)20-15-14(18)7-12(8-17)19(15)9-11-5-3-4-6-13(11)16/h3-7,10H,9,18H2,1-2H3.